The maximum atomic E-state index is 11.9. The van der Waals surface area contributed by atoms with Gasteiger partial charge in [-0.25, -0.2) is 0 Å². The summed E-state index contributed by atoms with van der Waals surface area (Å²) in [5, 5.41) is 15.0. The molecule has 0 unspecified atom stereocenters. The number of nitrogens with zero attached hydrogens (tertiary/aromatic N) is 5. The summed E-state index contributed by atoms with van der Waals surface area (Å²) in [7, 11) is 0. The smallest absolute Gasteiger partial charge is 0.258 e. The van der Waals surface area contributed by atoms with E-state index in [0.29, 0.717) is 23.2 Å². The summed E-state index contributed by atoms with van der Waals surface area (Å²) < 4.78 is 7.07. The van der Waals surface area contributed by atoms with Gasteiger partial charge >= 0.3 is 0 Å². The second-order valence-corrected chi connectivity index (χ2v) is 6.27. The van der Waals surface area contributed by atoms with E-state index in [1.165, 1.54) is 0 Å². The van der Waals surface area contributed by atoms with Crippen LogP contribution in [-0.4, -0.2) is 36.7 Å². The molecule has 0 aliphatic rings. The van der Waals surface area contributed by atoms with Crippen LogP contribution in [0.15, 0.2) is 22.9 Å². The third-order valence-electron chi connectivity index (χ3n) is 3.45. The first-order valence-electron chi connectivity index (χ1n) is 7.91. The first-order valence-corrected chi connectivity index (χ1v) is 7.91. The maximum absolute atomic E-state index is 11.9. The first-order chi connectivity index (χ1) is 11.4. The number of carbonyl (C=O) groups is 1. The molecule has 0 spiro atoms. The van der Waals surface area contributed by atoms with Crippen LogP contribution in [0.4, 0.5) is 0 Å². The number of rotatable bonds is 5. The fraction of sp³-hybridized carbons (Fsp3) is 0.438. The number of amides is 1. The third kappa shape index (κ3) is 3.27. The Bertz CT molecular complexity index is 864. The van der Waals surface area contributed by atoms with Crippen LogP contribution in [0.2, 0.25) is 0 Å². The summed E-state index contributed by atoms with van der Waals surface area (Å²) >= 11 is 0. The molecular weight excluding hydrogens is 308 g/mol. The molecule has 0 bridgehead atoms. The Balaban J connectivity index is 1.86. The predicted molar refractivity (Wildman–Crippen MR) is 87.4 cm³/mol. The maximum Gasteiger partial charge on any atom is 0.258 e. The van der Waals surface area contributed by atoms with Gasteiger partial charge in [-0.15, -0.1) is 10.2 Å². The van der Waals surface area contributed by atoms with Gasteiger partial charge in [0.25, 0.3) is 5.89 Å². The Morgan fingerprint density at radius 1 is 1.29 bits per heavy atom. The van der Waals surface area contributed by atoms with Crippen LogP contribution in [0.1, 0.15) is 45.3 Å². The minimum absolute atomic E-state index is 0.0816. The van der Waals surface area contributed by atoms with Crippen molar-refractivity contribution in [3.8, 4) is 11.5 Å². The van der Waals surface area contributed by atoms with Crippen LogP contribution in [0.5, 0.6) is 0 Å². The summed E-state index contributed by atoms with van der Waals surface area (Å²) in [6.07, 6.45) is 1.98. The second-order valence-electron chi connectivity index (χ2n) is 6.27. The van der Waals surface area contributed by atoms with E-state index >= 15 is 0 Å². The van der Waals surface area contributed by atoms with Gasteiger partial charge in [-0.05, 0) is 26.0 Å². The van der Waals surface area contributed by atoms with Gasteiger partial charge in [0.1, 0.15) is 5.82 Å². The molecule has 0 atom stereocenters. The van der Waals surface area contributed by atoms with Crippen LogP contribution in [-0.2, 0) is 11.2 Å². The molecule has 0 aliphatic heterocycles. The van der Waals surface area contributed by atoms with E-state index in [-0.39, 0.29) is 24.3 Å². The molecule has 0 saturated heterocycles. The summed E-state index contributed by atoms with van der Waals surface area (Å²) in [4.78, 5) is 16.3. The minimum atomic E-state index is -0.0816. The van der Waals surface area contributed by atoms with Crippen LogP contribution >= 0.6 is 0 Å². The largest absolute Gasteiger partial charge is 0.354 e. The first kappa shape index (κ1) is 16.1. The average molecular weight is 328 g/mol. The molecule has 0 aromatic carbocycles. The Kier molecular flexibility index (Phi) is 4.28. The number of nitrogens with one attached hydrogen (secondary N) is 1. The molecule has 0 saturated carbocycles. The molecule has 8 heteroatoms. The molecule has 3 aromatic rings. The van der Waals surface area contributed by atoms with E-state index in [1.54, 1.807) is 4.40 Å². The molecule has 8 nitrogen and oxygen atoms in total. The number of hydrogen-bond acceptors (Lipinski definition) is 6. The molecular formula is C16H20N6O2. The highest BCUT2D eigenvalue weighted by molar-refractivity contribution is 5.78. The lowest BCUT2D eigenvalue weighted by molar-refractivity contribution is -0.121. The normalized spacial score (nSPS) is 11.6. The molecule has 0 aliphatic carbocycles. The Labute approximate surface area is 139 Å². The quantitative estimate of drug-likeness (QED) is 0.769. The van der Waals surface area contributed by atoms with E-state index in [0.717, 1.165) is 5.56 Å². The van der Waals surface area contributed by atoms with Gasteiger partial charge in [-0.2, -0.15) is 4.98 Å². The highest BCUT2D eigenvalue weighted by Gasteiger charge is 2.15. The van der Waals surface area contributed by atoms with E-state index in [9.17, 15) is 4.79 Å². The van der Waals surface area contributed by atoms with Crippen LogP contribution in [0.3, 0.4) is 0 Å². The van der Waals surface area contributed by atoms with Crippen molar-refractivity contribution in [3.05, 3.63) is 30.0 Å². The van der Waals surface area contributed by atoms with Crippen molar-refractivity contribution in [3.63, 3.8) is 0 Å². The van der Waals surface area contributed by atoms with E-state index in [2.05, 4.69) is 25.7 Å². The van der Waals surface area contributed by atoms with Gasteiger partial charge < -0.3 is 9.84 Å². The topological polar surface area (TPSA) is 98.2 Å². The van der Waals surface area contributed by atoms with Crippen LogP contribution < -0.4 is 5.32 Å². The lowest BCUT2D eigenvalue weighted by atomic mass is 10.2. The summed E-state index contributed by atoms with van der Waals surface area (Å²) in [6, 6.07) is 3.75. The van der Waals surface area contributed by atoms with E-state index < -0.39 is 0 Å². The highest BCUT2D eigenvalue weighted by atomic mass is 16.5. The molecule has 0 fully saturated rings. The lowest BCUT2D eigenvalue weighted by Gasteiger charge is -2.07. The van der Waals surface area contributed by atoms with Crippen molar-refractivity contribution in [1.82, 2.24) is 30.1 Å². The predicted octanol–water partition coefficient (Wildman–Crippen LogP) is 1.97. The summed E-state index contributed by atoms with van der Waals surface area (Å²) in [6.45, 7) is 7.85. The Hall–Kier alpha value is -2.77. The number of pyridine rings is 1. The summed E-state index contributed by atoms with van der Waals surface area (Å²) in [5.41, 5.74) is 1.40. The molecule has 1 N–H and O–H groups in total. The second kappa shape index (κ2) is 6.38. The van der Waals surface area contributed by atoms with Crippen molar-refractivity contribution in [1.29, 1.82) is 0 Å². The van der Waals surface area contributed by atoms with Gasteiger partial charge in [-0.1, -0.05) is 19.0 Å². The molecule has 24 heavy (non-hydrogen) atoms. The highest BCUT2D eigenvalue weighted by Crippen LogP contribution is 2.21. The monoisotopic (exact) mass is 328 g/mol. The SMILES string of the molecule is CC(C)NC(=O)Cc1nnc2cc(-c3nc(C(C)C)no3)ccn12. The number of fused-ring (bicyclic) bond motifs is 1. The van der Waals surface area contributed by atoms with Gasteiger partial charge in [-0.3, -0.25) is 9.20 Å². The number of carbonyl (C=O) groups excluding carboxylic acids is 1. The molecule has 1 amide bonds. The van der Waals surface area contributed by atoms with E-state index in [1.807, 2.05) is 46.0 Å². The van der Waals surface area contributed by atoms with E-state index in [4.69, 9.17) is 4.52 Å². The number of aromatic nitrogens is 5. The zero-order valence-electron chi connectivity index (χ0n) is 14.1. The third-order valence-corrected chi connectivity index (χ3v) is 3.45. The molecule has 126 valence electrons. The van der Waals surface area contributed by atoms with Crippen molar-refractivity contribution in [2.75, 3.05) is 0 Å². The van der Waals surface area contributed by atoms with Crippen LogP contribution in [0, 0.1) is 0 Å². The Morgan fingerprint density at radius 2 is 2.08 bits per heavy atom. The average Bonchev–Trinajstić information content (AvgIpc) is 3.13. The van der Waals surface area contributed by atoms with Gasteiger partial charge in [0.15, 0.2) is 11.5 Å². The number of hydrogen-bond donors (Lipinski definition) is 1. The van der Waals surface area contributed by atoms with Crippen molar-refractivity contribution < 1.29 is 9.32 Å². The zero-order valence-corrected chi connectivity index (χ0v) is 14.1. The summed E-state index contributed by atoms with van der Waals surface area (Å²) in [5.74, 6) is 1.82. The van der Waals surface area contributed by atoms with Crippen molar-refractivity contribution >= 4 is 11.6 Å². The zero-order chi connectivity index (χ0) is 17.3. The van der Waals surface area contributed by atoms with Crippen molar-refractivity contribution in [2.24, 2.45) is 0 Å². The standard InChI is InChI=1S/C16H20N6O2/c1-9(2)15-18-16(24-21-15)11-5-6-22-12(7-11)19-20-13(22)8-14(23)17-10(3)4/h5-7,9-10H,8H2,1-4H3,(H,17,23). The Morgan fingerprint density at radius 3 is 2.75 bits per heavy atom. The minimum Gasteiger partial charge on any atom is -0.354 e. The van der Waals surface area contributed by atoms with Crippen molar-refractivity contribution in [2.45, 2.75) is 46.1 Å². The van der Waals surface area contributed by atoms with Gasteiger partial charge in [0, 0.05) is 23.7 Å². The molecule has 3 aromatic heterocycles. The van der Waals surface area contributed by atoms with Gasteiger partial charge in [0.05, 0.1) is 6.42 Å². The lowest BCUT2D eigenvalue weighted by Crippen LogP contribution is -2.31. The molecule has 0 radical (unpaired) electrons. The van der Waals surface area contributed by atoms with Crippen LogP contribution in [0.25, 0.3) is 17.1 Å². The van der Waals surface area contributed by atoms with Gasteiger partial charge in [0.2, 0.25) is 5.91 Å². The molecule has 3 rings (SSSR count). The fourth-order valence-corrected chi connectivity index (χ4v) is 2.30. The molecule has 3 heterocycles. The fourth-order valence-electron chi connectivity index (χ4n) is 2.30.